The Labute approximate surface area is 191 Å². The summed E-state index contributed by atoms with van der Waals surface area (Å²) >= 11 is 6.25. The van der Waals surface area contributed by atoms with Gasteiger partial charge in [0.2, 0.25) is 5.91 Å². The normalized spacial score (nSPS) is 10.7. The van der Waals surface area contributed by atoms with E-state index in [1.807, 2.05) is 49.4 Å². The highest BCUT2D eigenvalue weighted by Crippen LogP contribution is 2.25. The van der Waals surface area contributed by atoms with Gasteiger partial charge in [0.05, 0.1) is 17.3 Å². The van der Waals surface area contributed by atoms with E-state index in [9.17, 15) is 4.79 Å². The molecule has 0 fully saturated rings. The van der Waals surface area contributed by atoms with E-state index in [4.69, 9.17) is 16.3 Å². The standard InChI is InChI=1S/C23H32ClN3O2.ClH/c1-4-26(5-2)14-15-27(16-17-29-20-11-7-6-8-12-20)18-22(28)25-23-19(3)10-9-13-21(23)24;/h6-13H,4-5,14-18H2,1-3H3,(H,25,28);1H. The average molecular weight is 454 g/mol. The molecule has 0 radical (unpaired) electrons. The van der Waals surface area contributed by atoms with Crippen molar-refractivity contribution in [1.29, 1.82) is 0 Å². The third-order valence-electron chi connectivity index (χ3n) is 4.90. The molecule has 0 aromatic heterocycles. The van der Waals surface area contributed by atoms with Crippen molar-refractivity contribution in [2.45, 2.75) is 20.8 Å². The summed E-state index contributed by atoms with van der Waals surface area (Å²) in [6.07, 6.45) is 0. The maximum atomic E-state index is 12.7. The van der Waals surface area contributed by atoms with Crippen LogP contribution in [0.3, 0.4) is 0 Å². The number of halogens is 2. The van der Waals surface area contributed by atoms with Gasteiger partial charge in [-0.15, -0.1) is 12.4 Å². The minimum Gasteiger partial charge on any atom is -0.492 e. The molecule has 1 N–H and O–H groups in total. The molecule has 2 aromatic carbocycles. The summed E-state index contributed by atoms with van der Waals surface area (Å²) in [5.74, 6) is 0.771. The molecule has 0 heterocycles. The Morgan fingerprint density at radius 1 is 0.967 bits per heavy atom. The van der Waals surface area contributed by atoms with Crippen LogP contribution in [0.2, 0.25) is 5.02 Å². The van der Waals surface area contributed by atoms with Crippen molar-refractivity contribution in [1.82, 2.24) is 9.80 Å². The first-order valence-electron chi connectivity index (χ1n) is 10.2. The van der Waals surface area contributed by atoms with E-state index in [1.165, 1.54) is 0 Å². The fourth-order valence-electron chi connectivity index (χ4n) is 3.07. The summed E-state index contributed by atoms with van der Waals surface area (Å²) in [5, 5.41) is 3.52. The van der Waals surface area contributed by atoms with Gasteiger partial charge in [-0.3, -0.25) is 9.69 Å². The van der Waals surface area contributed by atoms with E-state index in [-0.39, 0.29) is 18.3 Å². The van der Waals surface area contributed by atoms with Gasteiger partial charge in [-0.1, -0.05) is 55.8 Å². The maximum Gasteiger partial charge on any atom is 0.238 e. The zero-order valence-corrected chi connectivity index (χ0v) is 19.6. The van der Waals surface area contributed by atoms with Gasteiger partial charge in [0.15, 0.2) is 0 Å². The van der Waals surface area contributed by atoms with Gasteiger partial charge in [0.25, 0.3) is 0 Å². The molecular weight excluding hydrogens is 421 g/mol. The first-order valence-corrected chi connectivity index (χ1v) is 10.6. The minimum atomic E-state index is -0.0690. The Kier molecular flexibility index (Phi) is 12.5. The van der Waals surface area contributed by atoms with Crippen molar-refractivity contribution in [3.63, 3.8) is 0 Å². The Balaban J connectivity index is 0.00000450. The Morgan fingerprint density at radius 3 is 2.27 bits per heavy atom. The highest BCUT2D eigenvalue weighted by molar-refractivity contribution is 6.33. The second-order valence-corrected chi connectivity index (χ2v) is 7.35. The molecular formula is C23H33Cl2N3O2. The molecule has 1 amide bonds. The summed E-state index contributed by atoms with van der Waals surface area (Å²) in [7, 11) is 0. The lowest BCUT2D eigenvalue weighted by atomic mass is 10.2. The number of benzene rings is 2. The highest BCUT2D eigenvalue weighted by atomic mass is 35.5. The highest BCUT2D eigenvalue weighted by Gasteiger charge is 2.14. The van der Waals surface area contributed by atoms with Crippen LogP contribution in [0.25, 0.3) is 0 Å². The van der Waals surface area contributed by atoms with E-state index < -0.39 is 0 Å². The van der Waals surface area contributed by atoms with Gasteiger partial charge in [0.1, 0.15) is 12.4 Å². The molecule has 0 aliphatic rings. The molecule has 5 nitrogen and oxygen atoms in total. The SMILES string of the molecule is CCN(CC)CCN(CCOc1ccccc1)CC(=O)Nc1c(C)cccc1Cl.Cl. The van der Waals surface area contributed by atoms with Crippen LogP contribution in [0.1, 0.15) is 19.4 Å². The minimum absolute atomic E-state index is 0. The molecule has 0 unspecified atom stereocenters. The van der Waals surface area contributed by atoms with Gasteiger partial charge >= 0.3 is 0 Å². The Morgan fingerprint density at radius 2 is 1.63 bits per heavy atom. The van der Waals surface area contributed by atoms with Crippen LogP contribution in [-0.4, -0.2) is 61.6 Å². The van der Waals surface area contributed by atoms with E-state index >= 15 is 0 Å². The van der Waals surface area contributed by atoms with Gasteiger partial charge < -0.3 is 15.0 Å². The molecule has 0 aliphatic heterocycles. The Bertz CT molecular complexity index is 735. The molecule has 2 aromatic rings. The summed E-state index contributed by atoms with van der Waals surface area (Å²) < 4.78 is 5.83. The van der Waals surface area contributed by atoms with Crippen molar-refractivity contribution in [2.75, 3.05) is 51.2 Å². The molecule has 0 saturated heterocycles. The van der Waals surface area contributed by atoms with Crippen LogP contribution in [0, 0.1) is 6.92 Å². The predicted molar refractivity (Wildman–Crippen MR) is 128 cm³/mol. The third kappa shape index (κ3) is 8.92. The van der Waals surface area contributed by atoms with Crippen molar-refractivity contribution >= 4 is 35.6 Å². The number of ether oxygens (including phenoxy) is 1. The van der Waals surface area contributed by atoms with Crippen LogP contribution < -0.4 is 10.1 Å². The zero-order chi connectivity index (χ0) is 21.1. The number of nitrogens with zero attached hydrogens (tertiary/aromatic N) is 2. The molecule has 2 rings (SSSR count). The lowest BCUT2D eigenvalue weighted by molar-refractivity contribution is -0.117. The van der Waals surface area contributed by atoms with E-state index in [2.05, 4.69) is 29.0 Å². The topological polar surface area (TPSA) is 44.8 Å². The number of nitrogens with one attached hydrogen (secondary N) is 1. The number of anilines is 1. The van der Waals surface area contributed by atoms with Crippen molar-refractivity contribution in [3.05, 3.63) is 59.1 Å². The fraction of sp³-hybridized carbons (Fsp3) is 0.435. The first kappa shape index (κ1) is 26.2. The quantitative estimate of drug-likeness (QED) is 0.504. The smallest absolute Gasteiger partial charge is 0.238 e. The van der Waals surface area contributed by atoms with Crippen molar-refractivity contribution in [3.8, 4) is 5.75 Å². The molecule has 0 bridgehead atoms. The number of hydrogen-bond donors (Lipinski definition) is 1. The summed E-state index contributed by atoms with van der Waals surface area (Å²) in [5.41, 5.74) is 1.64. The van der Waals surface area contributed by atoms with Crippen molar-refractivity contribution < 1.29 is 9.53 Å². The van der Waals surface area contributed by atoms with Gasteiger partial charge in [-0.25, -0.2) is 0 Å². The lowest BCUT2D eigenvalue weighted by Gasteiger charge is -2.26. The zero-order valence-electron chi connectivity index (χ0n) is 18.1. The van der Waals surface area contributed by atoms with Crippen LogP contribution in [0.4, 0.5) is 5.69 Å². The third-order valence-corrected chi connectivity index (χ3v) is 5.21. The molecule has 7 heteroatoms. The van der Waals surface area contributed by atoms with Crippen molar-refractivity contribution in [2.24, 2.45) is 0 Å². The number of rotatable bonds is 12. The van der Waals surface area contributed by atoms with Crippen LogP contribution in [0.5, 0.6) is 5.75 Å². The molecule has 0 spiro atoms. The summed E-state index contributed by atoms with van der Waals surface area (Å²) in [6, 6.07) is 15.3. The number of likely N-dealkylation sites (N-methyl/N-ethyl adjacent to an activating group) is 1. The van der Waals surface area contributed by atoms with E-state index in [0.717, 1.165) is 37.5 Å². The molecule has 30 heavy (non-hydrogen) atoms. The average Bonchev–Trinajstić information content (AvgIpc) is 2.72. The van der Waals surface area contributed by atoms with Crippen LogP contribution in [0.15, 0.2) is 48.5 Å². The summed E-state index contributed by atoms with van der Waals surface area (Å²) in [4.78, 5) is 17.2. The van der Waals surface area contributed by atoms with Crippen LogP contribution >= 0.6 is 24.0 Å². The lowest BCUT2D eigenvalue weighted by Crippen LogP contribution is -2.41. The first-order chi connectivity index (χ1) is 14.0. The number of carbonyl (C=O) groups is 1. The Hall–Kier alpha value is -1.79. The molecule has 0 atom stereocenters. The number of carbonyl (C=O) groups excluding carboxylic acids is 1. The predicted octanol–water partition coefficient (Wildman–Crippen LogP) is 4.73. The monoisotopic (exact) mass is 453 g/mol. The second kappa shape index (κ2) is 14.3. The second-order valence-electron chi connectivity index (χ2n) is 6.94. The van der Waals surface area contributed by atoms with Gasteiger partial charge in [0, 0.05) is 19.6 Å². The summed E-state index contributed by atoms with van der Waals surface area (Å²) in [6.45, 7) is 11.4. The molecule has 0 saturated carbocycles. The van der Waals surface area contributed by atoms with Gasteiger partial charge in [-0.2, -0.15) is 0 Å². The molecule has 166 valence electrons. The number of amides is 1. The molecule has 0 aliphatic carbocycles. The van der Waals surface area contributed by atoms with E-state index in [0.29, 0.717) is 30.4 Å². The van der Waals surface area contributed by atoms with Gasteiger partial charge in [-0.05, 0) is 43.8 Å². The number of hydrogen-bond acceptors (Lipinski definition) is 4. The number of para-hydroxylation sites is 2. The fourth-order valence-corrected chi connectivity index (χ4v) is 3.34. The maximum absolute atomic E-state index is 12.7. The van der Waals surface area contributed by atoms with E-state index in [1.54, 1.807) is 6.07 Å². The number of aryl methyl sites for hydroxylation is 1. The van der Waals surface area contributed by atoms with Crippen LogP contribution in [-0.2, 0) is 4.79 Å². The largest absolute Gasteiger partial charge is 0.492 e.